The molecule has 0 aliphatic carbocycles. The van der Waals surface area contributed by atoms with E-state index in [1.54, 1.807) is 0 Å². The Kier molecular flexibility index (Phi) is 3.64. The van der Waals surface area contributed by atoms with Gasteiger partial charge >= 0.3 is 6.18 Å². The summed E-state index contributed by atoms with van der Waals surface area (Å²) in [5.41, 5.74) is 6.71. The number of rotatable bonds is 1. The summed E-state index contributed by atoms with van der Waals surface area (Å²) < 4.78 is 37.9. The first-order valence-corrected chi connectivity index (χ1v) is 5.06. The molecule has 0 fully saturated rings. The fourth-order valence-electron chi connectivity index (χ4n) is 0.928. The standard InChI is InChI=1S/C7H2Br2F3N3/c8-3-1-4(7(10,11)12)6(14-15-13)5(9)2-3/h1-2H. The van der Waals surface area contributed by atoms with Crippen LogP contribution in [0.25, 0.3) is 10.4 Å². The van der Waals surface area contributed by atoms with Crippen LogP contribution in [-0.4, -0.2) is 0 Å². The first kappa shape index (κ1) is 12.4. The second kappa shape index (κ2) is 4.42. The zero-order valence-electron chi connectivity index (χ0n) is 6.89. The van der Waals surface area contributed by atoms with Gasteiger partial charge in [0.05, 0.1) is 11.3 Å². The van der Waals surface area contributed by atoms with Gasteiger partial charge in [0.1, 0.15) is 0 Å². The van der Waals surface area contributed by atoms with Gasteiger partial charge in [-0.05, 0) is 17.7 Å². The third-order valence-corrected chi connectivity index (χ3v) is 2.54. The van der Waals surface area contributed by atoms with Gasteiger partial charge in [-0.3, -0.25) is 0 Å². The molecule has 3 nitrogen and oxygen atoms in total. The highest BCUT2D eigenvalue weighted by molar-refractivity contribution is 9.11. The van der Waals surface area contributed by atoms with E-state index in [-0.39, 0.29) is 8.95 Å². The lowest BCUT2D eigenvalue weighted by molar-refractivity contribution is -0.137. The lowest BCUT2D eigenvalue weighted by Gasteiger charge is -2.11. The van der Waals surface area contributed by atoms with Crippen molar-refractivity contribution >= 4 is 37.5 Å². The molecule has 1 rings (SSSR count). The molecule has 0 radical (unpaired) electrons. The molecule has 0 aromatic heterocycles. The van der Waals surface area contributed by atoms with E-state index >= 15 is 0 Å². The van der Waals surface area contributed by atoms with Crippen LogP contribution in [0.5, 0.6) is 0 Å². The fourth-order valence-corrected chi connectivity index (χ4v) is 2.23. The lowest BCUT2D eigenvalue weighted by Crippen LogP contribution is -2.05. The maximum atomic E-state index is 12.5. The maximum Gasteiger partial charge on any atom is 0.416 e. The number of alkyl halides is 3. The van der Waals surface area contributed by atoms with Gasteiger partial charge in [0.25, 0.3) is 0 Å². The van der Waals surface area contributed by atoms with Crippen LogP contribution in [0.3, 0.4) is 0 Å². The predicted octanol–water partition coefficient (Wildman–Crippen LogP) is 5.17. The van der Waals surface area contributed by atoms with E-state index in [9.17, 15) is 13.2 Å². The average Bonchev–Trinajstić information content (AvgIpc) is 2.07. The van der Waals surface area contributed by atoms with Crippen molar-refractivity contribution in [2.75, 3.05) is 0 Å². The Balaban J connectivity index is 3.54. The van der Waals surface area contributed by atoms with Gasteiger partial charge < -0.3 is 0 Å². The highest BCUT2D eigenvalue weighted by Crippen LogP contribution is 2.42. The minimum atomic E-state index is -4.56. The van der Waals surface area contributed by atoms with E-state index in [2.05, 4.69) is 41.9 Å². The Hall–Kier alpha value is -0.720. The van der Waals surface area contributed by atoms with Gasteiger partial charge in [0, 0.05) is 13.9 Å². The molecule has 15 heavy (non-hydrogen) atoms. The quantitative estimate of drug-likeness (QED) is 0.383. The summed E-state index contributed by atoms with van der Waals surface area (Å²) in [7, 11) is 0. The monoisotopic (exact) mass is 343 g/mol. The first-order chi connectivity index (χ1) is 6.86. The molecule has 0 bridgehead atoms. The average molecular weight is 345 g/mol. The van der Waals surface area contributed by atoms with Gasteiger partial charge in [-0.25, -0.2) is 0 Å². The number of azide groups is 1. The van der Waals surface area contributed by atoms with Crippen molar-refractivity contribution in [2.45, 2.75) is 6.18 Å². The van der Waals surface area contributed by atoms with Crippen LogP contribution in [0.15, 0.2) is 26.2 Å². The smallest absolute Gasteiger partial charge is 0.166 e. The molecule has 0 aliphatic heterocycles. The number of nitrogens with zero attached hydrogens (tertiary/aromatic N) is 3. The predicted molar refractivity (Wildman–Crippen MR) is 55.6 cm³/mol. The summed E-state index contributed by atoms with van der Waals surface area (Å²) in [5, 5.41) is 3.01. The Morgan fingerprint density at radius 2 is 1.87 bits per heavy atom. The van der Waals surface area contributed by atoms with Crippen LogP contribution in [-0.2, 0) is 6.18 Å². The molecule has 0 aliphatic rings. The largest absolute Gasteiger partial charge is 0.416 e. The number of hydrogen-bond donors (Lipinski definition) is 0. The van der Waals surface area contributed by atoms with E-state index in [0.717, 1.165) is 6.07 Å². The highest BCUT2D eigenvalue weighted by atomic mass is 79.9. The van der Waals surface area contributed by atoms with Gasteiger partial charge in [0.15, 0.2) is 0 Å². The van der Waals surface area contributed by atoms with Crippen molar-refractivity contribution in [3.8, 4) is 0 Å². The summed E-state index contributed by atoms with van der Waals surface area (Å²) in [6.07, 6.45) is -4.56. The summed E-state index contributed by atoms with van der Waals surface area (Å²) in [5.74, 6) is 0. The van der Waals surface area contributed by atoms with Gasteiger partial charge in [0.2, 0.25) is 0 Å². The maximum absolute atomic E-state index is 12.5. The third kappa shape index (κ3) is 2.87. The summed E-state index contributed by atoms with van der Waals surface area (Å²) in [4.78, 5) is 2.35. The minimum absolute atomic E-state index is 0.0852. The Morgan fingerprint density at radius 1 is 1.27 bits per heavy atom. The lowest BCUT2D eigenvalue weighted by atomic mass is 10.2. The van der Waals surface area contributed by atoms with Crippen molar-refractivity contribution in [1.29, 1.82) is 0 Å². The number of benzene rings is 1. The van der Waals surface area contributed by atoms with E-state index in [4.69, 9.17) is 5.53 Å². The third-order valence-electron chi connectivity index (χ3n) is 1.48. The van der Waals surface area contributed by atoms with Crippen LogP contribution in [0, 0.1) is 0 Å². The van der Waals surface area contributed by atoms with Crippen molar-refractivity contribution < 1.29 is 13.2 Å². The Morgan fingerprint density at radius 3 is 2.33 bits per heavy atom. The van der Waals surface area contributed by atoms with E-state index < -0.39 is 17.4 Å². The normalized spacial score (nSPS) is 11.0. The second-order valence-electron chi connectivity index (χ2n) is 2.47. The summed E-state index contributed by atoms with van der Waals surface area (Å²) >= 11 is 5.82. The molecule has 0 amide bonds. The van der Waals surface area contributed by atoms with Crippen molar-refractivity contribution in [3.63, 3.8) is 0 Å². The van der Waals surface area contributed by atoms with Crippen LogP contribution in [0.4, 0.5) is 18.9 Å². The van der Waals surface area contributed by atoms with E-state index in [1.807, 2.05) is 0 Å². The van der Waals surface area contributed by atoms with E-state index in [1.165, 1.54) is 6.07 Å². The van der Waals surface area contributed by atoms with Crippen molar-refractivity contribution in [2.24, 2.45) is 5.11 Å². The fraction of sp³-hybridized carbons (Fsp3) is 0.143. The first-order valence-electron chi connectivity index (χ1n) is 3.47. The SMILES string of the molecule is [N-]=[N+]=Nc1c(Br)cc(Br)cc1C(F)(F)F. The molecule has 8 heteroatoms. The molecule has 1 aromatic rings. The number of hydrogen-bond acceptors (Lipinski definition) is 1. The second-order valence-corrected chi connectivity index (χ2v) is 4.24. The van der Waals surface area contributed by atoms with Gasteiger partial charge in [-0.1, -0.05) is 37.0 Å². The molecule has 0 spiro atoms. The molecule has 0 saturated heterocycles. The zero-order chi connectivity index (χ0) is 11.6. The minimum Gasteiger partial charge on any atom is -0.166 e. The molecule has 1 aromatic carbocycles. The molecular formula is C7H2Br2F3N3. The van der Waals surface area contributed by atoms with Gasteiger partial charge in [-0.15, -0.1) is 0 Å². The van der Waals surface area contributed by atoms with Crippen LogP contribution >= 0.6 is 31.9 Å². The topological polar surface area (TPSA) is 48.8 Å². The van der Waals surface area contributed by atoms with E-state index in [0.29, 0.717) is 0 Å². The van der Waals surface area contributed by atoms with Crippen molar-refractivity contribution in [3.05, 3.63) is 37.1 Å². The summed E-state index contributed by atoms with van der Waals surface area (Å²) in [6, 6.07) is 2.23. The molecule has 0 unspecified atom stereocenters. The molecule has 0 heterocycles. The zero-order valence-corrected chi connectivity index (χ0v) is 10.1. The van der Waals surface area contributed by atoms with Crippen molar-refractivity contribution in [1.82, 2.24) is 0 Å². The van der Waals surface area contributed by atoms with Crippen LogP contribution in [0.2, 0.25) is 0 Å². The molecular weight excluding hydrogens is 343 g/mol. The molecule has 0 saturated carbocycles. The van der Waals surface area contributed by atoms with Crippen LogP contribution < -0.4 is 0 Å². The van der Waals surface area contributed by atoms with Gasteiger partial charge in [-0.2, -0.15) is 13.2 Å². The number of halogens is 5. The highest BCUT2D eigenvalue weighted by Gasteiger charge is 2.34. The molecule has 80 valence electrons. The van der Waals surface area contributed by atoms with Crippen LogP contribution in [0.1, 0.15) is 5.56 Å². The Labute approximate surface area is 99.2 Å². The molecule has 0 N–H and O–H groups in total. The Bertz CT molecular complexity index is 438. The molecule has 0 atom stereocenters. The summed E-state index contributed by atoms with van der Waals surface area (Å²) in [6.45, 7) is 0.